The number of carbonyl (C=O) groups is 1. The van der Waals surface area contributed by atoms with E-state index in [1.165, 1.54) is 11.1 Å². The van der Waals surface area contributed by atoms with Crippen molar-refractivity contribution >= 4 is 6.03 Å². The first kappa shape index (κ1) is 15.0. The molecule has 1 aromatic heterocycles. The van der Waals surface area contributed by atoms with Crippen molar-refractivity contribution in [2.24, 2.45) is 0 Å². The van der Waals surface area contributed by atoms with E-state index in [1.807, 2.05) is 37.3 Å². The summed E-state index contributed by atoms with van der Waals surface area (Å²) in [6.07, 6.45) is 2.56. The SMILES string of the molecule is Cc1ccccc1CCNC(=O)NC(C)c1ccccn1. The molecule has 0 spiro atoms. The first-order valence-electron chi connectivity index (χ1n) is 7.16. The molecule has 4 heteroatoms. The van der Waals surface area contributed by atoms with E-state index in [-0.39, 0.29) is 12.1 Å². The third kappa shape index (κ3) is 4.60. The van der Waals surface area contributed by atoms with E-state index < -0.39 is 0 Å². The Balaban J connectivity index is 1.76. The maximum atomic E-state index is 11.9. The zero-order valence-electron chi connectivity index (χ0n) is 12.5. The van der Waals surface area contributed by atoms with Crippen molar-refractivity contribution in [2.75, 3.05) is 6.54 Å². The van der Waals surface area contributed by atoms with E-state index in [0.717, 1.165) is 12.1 Å². The summed E-state index contributed by atoms with van der Waals surface area (Å²) < 4.78 is 0. The number of benzene rings is 1. The van der Waals surface area contributed by atoms with Crippen LogP contribution < -0.4 is 10.6 Å². The number of pyridine rings is 1. The van der Waals surface area contributed by atoms with Gasteiger partial charge in [0.05, 0.1) is 11.7 Å². The van der Waals surface area contributed by atoms with Gasteiger partial charge in [0.15, 0.2) is 0 Å². The highest BCUT2D eigenvalue weighted by Crippen LogP contribution is 2.08. The van der Waals surface area contributed by atoms with Crippen molar-refractivity contribution in [1.82, 2.24) is 15.6 Å². The fraction of sp³-hybridized carbons (Fsp3) is 0.294. The Bertz CT molecular complexity index is 584. The van der Waals surface area contributed by atoms with Gasteiger partial charge in [-0.3, -0.25) is 4.98 Å². The largest absolute Gasteiger partial charge is 0.338 e. The van der Waals surface area contributed by atoms with Gasteiger partial charge in [-0.25, -0.2) is 4.79 Å². The van der Waals surface area contributed by atoms with Crippen molar-refractivity contribution in [3.05, 3.63) is 65.5 Å². The fourth-order valence-corrected chi connectivity index (χ4v) is 2.16. The number of hydrogen-bond acceptors (Lipinski definition) is 2. The molecular weight excluding hydrogens is 262 g/mol. The highest BCUT2D eigenvalue weighted by molar-refractivity contribution is 5.74. The van der Waals surface area contributed by atoms with E-state index >= 15 is 0 Å². The zero-order valence-corrected chi connectivity index (χ0v) is 12.5. The average Bonchev–Trinajstić information content (AvgIpc) is 2.50. The average molecular weight is 283 g/mol. The first-order chi connectivity index (χ1) is 10.2. The number of urea groups is 1. The van der Waals surface area contributed by atoms with E-state index in [2.05, 4.69) is 34.7 Å². The lowest BCUT2D eigenvalue weighted by Gasteiger charge is -2.14. The molecule has 1 heterocycles. The maximum absolute atomic E-state index is 11.9. The molecule has 1 atom stereocenters. The molecule has 0 saturated carbocycles. The van der Waals surface area contributed by atoms with Crippen molar-refractivity contribution in [3.63, 3.8) is 0 Å². The topological polar surface area (TPSA) is 54.0 Å². The number of amides is 2. The predicted octanol–water partition coefficient (Wildman–Crippen LogP) is 2.99. The molecule has 0 saturated heterocycles. The van der Waals surface area contributed by atoms with Crippen LogP contribution in [0.5, 0.6) is 0 Å². The van der Waals surface area contributed by atoms with Crippen molar-refractivity contribution in [3.8, 4) is 0 Å². The minimum atomic E-state index is -0.165. The second kappa shape index (κ2) is 7.43. The summed E-state index contributed by atoms with van der Waals surface area (Å²) in [6.45, 7) is 4.62. The quantitative estimate of drug-likeness (QED) is 0.886. The summed E-state index contributed by atoms with van der Waals surface area (Å²) in [7, 11) is 0. The Labute approximate surface area is 125 Å². The van der Waals surface area contributed by atoms with Gasteiger partial charge in [0.2, 0.25) is 0 Å². The fourth-order valence-electron chi connectivity index (χ4n) is 2.16. The number of aromatic nitrogens is 1. The summed E-state index contributed by atoms with van der Waals surface area (Å²) in [5.41, 5.74) is 3.36. The number of aryl methyl sites for hydroxylation is 1. The number of nitrogens with one attached hydrogen (secondary N) is 2. The summed E-state index contributed by atoms with van der Waals surface area (Å²) in [5, 5.41) is 5.77. The van der Waals surface area contributed by atoms with Crippen LogP contribution in [0.3, 0.4) is 0 Å². The highest BCUT2D eigenvalue weighted by Gasteiger charge is 2.09. The van der Waals surface area contributed by atoms with Crippen LogP contribution >= 0.6 is 0 Å². The summed E-state index contributed by atoms with van der Waals surface area (Å²) in [4.78, 5) is 16.1. The van der Waals surface area contributed by atoms with E-state index in [4.69, 9.17) is 0 Å². The summed E-state index contributed by atoms with van der Waals surface area (Å²) >= 11 is 0. The number of hydrogen-bond donors (Lipinski definition) is 2. The van der Waals surface area contributed by atoms with Gasteiger partial charge in [0, 0.05) is 12.7 Å². The van der Waals surface area contributed by atoms with E-state index in [0.29, 0.717) is 6.54 Å². The second-order valence-electron chi connectivity index (χ2n) is 5.05. The van der Waals surface area contributed by atoms with Gasteiger partial charge in [-0.15, -0.1) is 0 Å². The minimum Gasteiger partial charge on any atom is -0.338 e. The van der Waals surface area contributed by atoms with Gasteiger partial charge in [-0.1, -0.05) is 30.3 Å². The third-order valence-electron chi connectivity index (χ3n) is 3.42. The molecule has 1 unspecified atom stereocenters. The van der Waals surface area contributed by atoms with Crippen LogP contribution in [0.4, 0.5) is 4.79 Å². The Morgan fingerprint density at radius 1 is 1.19 bits per heavy atom. The van der Waals surface area contributed by atoms with Gasteiger partial charge in [0.25, 0.3) is 0 Å². The molecule has 2 aromatic rings. The van der Waals surface area contributed by atoms with E-state index in [1.54, 1.807) is 6.20 Å². The molecule has 0 bridgehead atoms. The van der Waals surface area contributed by atoms with Gasteiger partial charge in [0.1, 0.15) is 0 Å². The summed E-state index contributed by atoms with van der Waals surface area (Å²) in [6, 6.07) is 13.6. The molecule has 110 valence electrons. The van der Waals surface area contributed by atoms with Gasteiger partial charge in [-0.05, 0) is 43.5 Å². The normalized spacial score (nSPS) is 11.7. The van der Waals surface area contributed by atoms with Crippen LogP contribution in [0.15, 0.2) is 48.7 Å². The van der Waals surface area contributed by atoms with Crippen molar-refractivity contribution in [2.45, 2.75) is 26.3 Å². The van der Waals surface area contributed by atoms with Gasteiger partial charge < -0.3 is 10.6 Å². The van der Waals surface area contributed by atoms with Gasteiger partial charge in [-0.2, -0.15) is 0 Å². The van der Waals surface area contributed by atoms with Crippen LogP contribution in [0.2, 0.25) is 0 Å². The lowest BCUT2D eigenvalue weighted by molar-refractivity contribution is 0.238. The van der Waals surface area contributed by atoms with Crippen LogP contribution in [-0.2, 0) is 6.42 Å². The van der Waals surface area contributed by atoms with Crippen LogP contribution in [0.25, 0.3) is 0 Å². The smallest absolute Gasteiger partial charge is 0.315 e. The van der Waals surface area contributed by atoms with E-state index in [9.17, 15) is 4.79 Å². The molecule has 0 fully saturated rings. The number of nitrogens with zero attached hydrogens (tertiary/aromatic N) is 1. The number of carbonyl (C=O) groups excluding carboxylic acids is 1. The molecule has 0 aliphatic rings. The molecule has 2 amide bonds. The number of rotatable bonds is 5. The van der Waals surface area contributed by atoms with Gasteiger partial charge >= 0.3 is 6.03 Å². The lowest BCUT2D eigenvalue weighted by atomic mass is 10.1. The lowest BCUT2D eigenvalue weighted by Crippen LogP contribution is -2.38. The first-order valence-corrected chi connectivity index (χ1v) is 7.16. The van der Waals surface area contributed by atoms with Crippen LogP contribution in [0.1, 0.15) is 29.8 Å². The molecular formula is C17H21N3O. The highest BCUT2D eigenvalue weighted by atomic mass is 16.2. The van der Waals surface area contributed by atoms with Crippen LogP contribution in [0, 0.1) is 6.92 Å². The van der Waals surface area contributed by atoms with Crippen molar-refractivity contribution < 1.29 is 4.79 Å². The minimum absolute atomic E-state index is 0.107. The molecule has 2 N–H and O–H groups in total. The Kier molecular flexibility index (Phi) is 5.32. The molecule has 0 aliphatic heterocycles. The Morgan fingerprint density at radius 3 is 2.67 bits per heavy atom. The molecule has 4 nitrogen and oxygen atoms in total. The standard InChI is InChI=1S/C17H21N3O/c1-13-7-3-4-8-15(13)10-12-19-17(21)20-14(2)16-9-5-6-11-18-16/h3-9,11,14H,10,12H2,1-2H3,(H2,19,20,21). The molecule has 0 radical (unpaired) electrons. The van der Waals surface area contributed by atoms with Crippen LogP contribution in [-0.4, -0.2) is 17.6 Å². The maximum Gasteiger partial charge on any atom is 0.315 e. The van der Waals surface area contributed by atoms with Crippen molar-refractivity contribution in [1.29, 1.82) is 0 Å². The molecule has 21 heavy (non-hydrogen) atoms. The molecule has 1 aromatic carbocycles. The zero-order chi connectivity index (χ0) is 15.1. The predicted molar refractivity (Wildman–Crippen MR) is 84.1 cm³/mol. The summed E-state index contributed by atoms with van der Waals surface area (Å²) in [5.74, 6) is 0. The molecule has 2 rings (SSSR count). The monoisotopic (exact) mass is 283 g/mol. The Morgan fingerprint density at radius 2 is 1.95 bits per heavy atom. The Hall–Kier alpha value is -2.36. The second-order valence-corrected chi connectivity index (χ2v) is 5.05. The third-order valence-corrected chi connectivity index (χ3v) is 3.42. The molecule has 0 aliphatic carbocycles.